The highest BCUT2D eigenvalue weighted by Crippen LogP contribution is 2.22. The van der Waals surface area contributed by atoms with E-state index in [-0.39, 0.29) is 5.91 Å². The maximum absolute atomic E-state index is 12.6. The predicted molar refractivity (Wildman–Crippen MR) is 78.3 cm³/mol. The number of aryl methyl sites for hydroxylation is 2. The Hall–Kier alpha value is -0.830. The van der Waals surface area contributed by atoms with E-state index < -0.39 is 0 Å². The molecule has 1 fully saturated rings. The smallest absolute Gasteiger partial charge is 0.254 e. The van der Waals surface area contributed by atoms with Crippen LogP contribution in [-0.2, 0) is 0 Å². The first kappa shape index (κ1) is 13.6. The van der Waals surface area contributed by atoms with Gasteiger partial charge in [-0.15, -0.1) is 0 Å². The summed E-state index contributed by atoms with van der Waals surface area (Å²) >= 11 is 3.53. The van der Waals surface area contributed by atoms with Gasteiger partial charge in [-0.3, -0.25) is 4.79 Å². The van der Waals surface area contributed by atoms with Crippen LogP contribution in [0.25, 0.3) is 0 Å². The molecule has 0 unspecified atom stereocenters. The van der Waals surface area contributed by atoms with Crippen LogP contribution in [0.2, 0.25) is 0 Å². The highest BCUT2D eigenvalue weighted by Gasteiger charge is 2.24. The molecule has 98 valence electrons. The number of nitrogens with zero attached hydrogens (tertiary/aromatic N) is 1. The summed E-state index contributed by atoms with van der Waals surface area (Å²) < 4.78 is 0. The average Bonchev–Trinajstić information content (AvgIpc) is 2.38. The Morgan fingerprint density at radius 3 is 2.33 bits per heavy atom. The van der Waals surface area contributed by atoms with Crippen LogP contribution in [0.3, 0.4) is 0 Å². The van der Waals surface area contributed by atoms with Crippen molar-refractivity contribution in [3.63, 3.8) is 0 Å². The standard InChI is InChI=1S/C15H20BrNO/c1-11-4-3-5-12(2)14(11)15(18)17-8-6-13(10-16)7-9-17/h3-5,13H,6-10H2,1-2H3. The van der Waals surface area contributed by atoms with E-state index >= 15 is 0 Å². The maximum Gasteiger partial charge on any atom is 0.254 e. The second-order valence-corrected chi connectivity index (χ2v) is 5.80. The Morgan fingerprint density at radius 1 is 1.28 bits per heavy atom. The monoisotopic (exact) mass is 309 g/mol. The number of alkyl halides is 1. The molecule has 1 aliphatic heterocycles. The molecule has 0 radical (unpaired) electrons. The molecule has 2 nitrogen and oxygen atoms in total. The van der Waals surface area contributed by atoms with Crippen molar-refractivity contribution >= 4 is 21.8 Å². The lowest BCUT2D eigenvalue weighted by Crippen LogP contribution is -2.39. The van der Waals surface area contributed by atoms with E-state index in [9.17, 15) is 4.79 Å². The first-order valence-corrected chi connectivity index (χ1v) is 7.67. The van der Waals surface area contributed by atoms with Gasteiger partial charge in [-0.2, -0.15) is 0 Å². The predicted octanol–water partition coefficient (Wildman–Crippen LogP) is 3.55. The summed E-state index contributed by atoms with van der Waals surface area (Å²) in [7, 11) is 0. The second kappa shape index (κ2) is 5.87. The van der Waals surface area contributed by atoms with Crippen LogP contribution in [-0.4, -0.2) is 29.2 Å². The van der Waals surface area contributed by atoms with Crippen molar-refractivity contribution in [2.45, 2.75) is 26.7 Å². The van der Waals surface area contributed by atoms with Gasteiger partial charge >= 0.3 is 0 Å². The molecule has 1 aliphatic rings. The van der Waals surface area contributed by atoms with Gasteiger partial charge in [-0.25, -0.2) is 0 Å². The topological polar surface area (TPSA) is 20.3 Å². The van der Waals surface area contributed by atoms with Crippen molar-refractivity contribution in [1.29, 1.82) is 0 Å². The number of amides is 1. The second-order valence-electron chi connectivity index (χ2n) is 5.16. The zero-order chi connectivity index (χ0) is 13.1. The van der Waals surface area contributed by atoms with Gasteiger partial charge in [0, 0.05) is 24.0 Å². The minimum atomic E-state index is 0.207. The third-order valence-corrected chi connectivity index (χ3v) is 4.73. The van der Waals surface area contributed by atoms with Gasteiger partial charge in [-0.1, -0.05) is 34.1 Å². The Bertz CT molecular complexity index is 416. The van der Waals surface area contributed by atoms with E-state index in [1.54, 1.807) is 0 Å². The molecule has 2 rings (SSSR count). The maximum atomic E-state index is 12.6. The summed E-state index contributed by atoms with van der Waals surface area (Å²) in [6.07, 6.45) is 2.23. The summed E-state index contributed by atoms with van der Waals surface area (Å²) in [4.78, 5) is 14.6. The molecular formula is C15H20BrNO. The number of halogens is 1. The molecule has 1 amide bonds. The fraction of sp³-hybridized carbons (Fsp3) is 0.533. The quantitative estimate of drug-likeness (QED) is 0.765. The highest BCUT2D eigenvalue weighted by atomic mass is 79.9. The summed E-state index contributed by atoms with van der Waals surface area (Å²) in [6.45, 7) is 5.82. The molecule has 1 heterocycles. The van der Waals surface area contributed by atoms with Gasteiger partial charge in [0.25, 0.3) is 5.91 Å². The number of rotatable bonds is 2. The fourth-order valence-corrected chi connectivity index (χ4v) is 3.25. The molecule has 0 aliphatic carbocycles. The third kappa shape index (κ3) is 2.77. The minimum Gasteiger partial charge on any atom is -0.339 e. The lowest BCUT2D eigenvalue weighted by atomic mass is 9.96. The summed E-state index contributed by atoms with van der Waals surface area (Å²) in [5, 5.41) is 1.05. The SMILES string of the molecule is Cc1cccc(C)c1C(=O)N1CCC(CBr)CC1. The van der Waals surface area contributed by atoms with Gasteiger partial charge in [0.2, 0.25) is 0 Å². The molecule has 18 heavy (non-hydrogen) atoms. The number of benzene rings is 1. The molecule has 0 aromatic heterocycles. The van der Waals surface area contributed by atoms with Crippen molar-refractivity contribution in [2.24, 2.45) is 5.92 Å². The van der Waals surface area contributed by atoms with Crippen LogP contribution in [0.15, 0.2) is 18.2 Å². The zero-order valence-corrected chi connectivity index (χ0v) is 12.7. The number of carbonyl (C=O) groups excluding carboxylic acids is 1. The Kier molecular flexibility index (Phi) is 4.44. The lowest BCUT2D eigenvalue weighted by molar-refractivity contribution is 0.0697. The fourth-order valence-electron chi connectivity index (χ4n) is 2.60. The minimum absolute atomic E-state index is 0.207. The Balaban J connectivity index is 2.13. The number of hydrogen-bond acceptors (Lipinski definition) is 1. The molecule has 0 saturated carbocycles. The number of piperidine rings is 1. The van der Waals surface area contributed by atoms with E-state index in [0.717, 1.165) is 53.9 Å². The average molecular weight is 310 g/mol. The van der Waals surface area contributed by atoms with Crippen molar-refractivity contribution in [1.82, 2.24) is 4.90 Å². The van der Waals surface area contributed by atoms with E-state index in [1.807, 2.05) is 36.9 Å². The molecule has 3 heteroatoms. The molecule has 0 bridgehead atoms. The first-order valence-electron chi connectivity index (χ1n) is 6.55. The third-order valence-electron chi connectivity index (χ3n) is 3.81. The number of carbonyl (C=O) groups is 1. The van der Waals surface area contributed by atoms with Crippen LogP contribution >= 0.6 is 15.9 Å². The van der Waals surface area contributed by atoms with Gasteiger partial charge in [0.15, 0.2) is 0 Å². The number of likely N-dealkylation sites (tertiary alicyclic amines) is 1. The normalized spacial score (nSPS) is 16.9. The van der Waals surface area contributed by atoms with Crippen molar-refractivity contribution < 1.29 is 4.79 Å². The van der Waals surface area contributed by atoms with Crippen molar-refractivity contribution in [3.8, 4) is 0 Å². The van der Waals surface area contributed by atoms with E-state index in [4.69, 9.17) is 0 Å². The van der Waals surface area contributed by atoms with E-state index in [0.29, 0.717) is 0 Å². The van der Waals surface area contributed by atoms with Gasteiger partial charge in [0.1, 0.15) is 0 Å². The Labute approximate surface area is 117 Å². The number of hydrogen-bond donors (Lipinski definition) is 0. The molecule has 1 saturated heterocycles. The van der Waals surface area contributed by atoms with Gasteiger partial charge in [0.05, 0.1) is 0 Å². The van der Waals surface area contributed by atoms with Crippen LogP contribution in [0.4, 0.5) is 0 Å². The largest absolute Gasteiger partial charge is 0.339 e. The summed E-state index contributed by atoms with van der Waals surface area (Å²) in [6, 6.07) is 6.05. The van der Waals surface area contributed by atoms with Crippen LogP contribution in [0.5, 0.6) is 0 Å². The molecule has 0 atom stereocenters. The molecule has 1 aromatic rings. The van der Waals surface area contributed by atoms with E-state index in [1.165, 1.54) is 0 Å². The van der Waals surface area contributed by atoms with Gasteiger partial charge in [-0.05, 0) is 43.7 Å². The summed E-state index contributed by atoms with van der Waals surface area (Å²) in [5.41, 5.74) is 3.07. The van der Waals surface area contributed by atoms with Crippen LogP contribution in [0, 0.1) is 19.8 Å². The zero-order valence-electron chi connectivity index (χ0n) is 11.1. The highest BCUT2D eigenvalue weighted by molar-refractivity contribution is 9.09. The van der Waals surface area contributed by atoms with Gasteiger partial charge < -0.3 is 4.90 Å². The molecule has 0 spiro atoms. The van der Waals surface area contributed by atoms with E-state index in [2.05, 4.69) is 15.9 Å². The van der Waals surface area contributed by atoms with Crippen molar-refractivity contribution in [3.05, 3.63) is 34.9 Å². The molecule has 0 N–H and O–H groups in total. The first-order chi connectivity index (χ1) is 8.63. The molecular weight excluding hydrogens is 290 g/mol. The summed E-state index contributed by atoms with van der Waals surface area (Å²) in [5.74, 6) is 0.936. The van der Waals surface area contributed by atoms with Crippen LogP contribution < -0.4 is 0 Å². The Morgan fingerprint density at radius 2 is 1.83 bits per heavy atom. The van der Waals surface area contributed by atoms with Crippen LogP contribution in [0.1, 0.15) is 34.3 Å². The lowest BCUT2D eigenvalue weighted by Gasteiger charge is -2.32. The van der Waals surface area contributed by atoms with Crippen molar-refractivity contribution in [2.75, 3.05) is 18.4 Å². The molecule has 1 aromatic carbocycles.